The topological polar surface area (TPSA) is 50.1 Å². The number of ether oxygens (including phenoxy) is 1. The lowest BCUT2D eigenvalue weighted by atomic mass is 10.1. The van der Waals surface area contributed by atoms with Crippen LogP contribution >= 0.6 is 22.9 Å². The van der Waals surface area contributed by atoms with E-state index in [1.54, 1.807) is 25.4 Å². The maximum Gasteiger partial charge on any atom is 0.219 e. The quantitative estimate of drug-likeness (QED) is 0.454. The van der Waals surface area contributed by atoms with Gasteiger partial charge >= 0.3 is 0 Å². The highest BCUT2D eigenvalue weighted by Crippen LogP contribution is 2.35. The SMILES string of the molecule is COc1ccc(-c2nc3sc4cc(Cl)ccc4n3c2CN2CCN(C(C)=O)CC2)cc1. The highest BCUT2D eigenvalue weighted by Gasteiger charge is 2.24. The molecule has 3 heterocycles. The van der Waals surface area contributed by atoms with E-state index >= 15 is 0 Å². The van der Waals surface area contributed by atoms with Gasteiger partial charge in [0.1, 0.15) is 5.75 Å². The Balaban J connectivity index is 1.58. The molecule has 6 nitrogen and oxygen atoms in total. The summed E-state index contributed by atoms with van der Waals surface area (Å²) in [4.78, 5) is 22.0. The number of imidazole rings is 1. The lowest BCUT2D eigenvalue weighted by Gasteiger charge is -2.34. The van der Waals surface area contributed by atoms with Gasteiger partial charge < -0.3 is 9.64 Å². The van der Waals surface area contributed by atoms with Crippen LogP contribution in [0.4, 0.5) is 0 Å². The fourth-order valence-electron chi connectivity index (χ4n) is 4.16. The van der Waals surface area contributed by atoms with Crippen molar-refractivity contribution in [1.82, 2.24) is 19.2 Å². The van der Waals surface area contributed by atoms with Crippen molar-refractivity contribution >= 4 is 44.0 Å². The van der Waals surface area contributed by atoms with Gasteiger partial charge in [-0.2, -0.15) is 0 Å². The maximum atomic E-state index is 11.7. The first-order valence-electron chi connectivity index (χ1n) is 10.2. The number of benzene rings is 2. The molecule has 0 spiro atoms. The fourth-order valence-corrected chi connectivity index (χ4v) is 5.48. The monoisotopic (exact) mass is 454 g/mol. The molecule has 0 N–H and O–H groups in total. The molecule has 0 aliphatic carbocycles. The van der Waals surface area contributed by atoms with Gasteiger partial charge in [-0.1, -0.05) is 22.9 Å². The maximum absolute atomic E-state index is 11.7. The van der Waals surface area contributed by atoms with Gasteiger partial charge in [0.15, 0.2) is 4.96 Å². The molecule has 0 unspecified atom stereocenters. The number of fused-ring (bicyclic) bond motifs is 3. The van der Waals surface area contributed by atoms with Gasteiger partial charge in [-0.15, -0.1) is 0 Å². The Morgan fingerprint density at radius 3 is 2.55 bits per heavy atom. The molecular weight excluding hydrogens is 432 g/mol. The van der Waals surface area contributed by atoms with Crippen LogP contribution in [0.25, 0.3) is 26.4 Å². The summed E-state index contributed by atoms with van der Waals surface area (Å²) < 4.78 is 8.70. The van der Waals surface area contributed by atoms with Gasteiger partial charge in [-0.05, 0) is 42.5 Å². The smallest absolute Gasteiger partial charge is 0.219 e. The summed E-state index contributed by atoms with van der Waals surface area (Å²) in [7, 11) is 1.67. The van der Waals surface area contributed by atoms with Crippen molar-refractivity contribution in [3.63, 3.8) is 0 Å². The molecule has 1 fully saturated rings. The zero-order valence-corrected chi connectivity index (χ0v) is 19.0. The molecule has 160 valence electrons. The minimum absolute atomic E-state index is 0.144. The number of hydrogen-bond donors (Lipinski definition) is 0. The molecule has 31 heavy (non-hydrogen) atoms. The minimum Gasteiger partial charge on any atom is -0.497 e. The van der Waals surface area contributed by atoms with Crippen LogP contribution in [0, 0.1) is 0 Å². The van der Waals surface area contributed by atoms with Crippen molar-refractivity contribution in [2.45, 2.75) is 13.5 Å². The third-order valence-electron chi connectivity index (χ3n) is 5.86. The second kappa shape index (κ2) is 8.15. The summed E-state index contributed by atoms with van der Waals surface area (Å²) >= 11 is 7.88. The number of rotatable bonds is 4. The number of amides is 1. The van der Waals surface area contributed by atoms with Gasteiger partial charge in [0, 0.05) is 50.2 Å². The largest absolute Gasteiger partial charge is 0.497 e. The van der Waals surface area contributed by atoms with Gasteiger partial charge in [-0.25, -0.2) is 4.98 Å². The van der Waals surface area contributed by atoms with E-state index in [0.29, 0.717) is 0 Å². The molecule has 0 saturated carbocycles. The van der Waals surface area contributed by atoms with Crippen molar-refractivity contribution in [3.05, 3.63) is 53.2 Å². The predicted molar refractivity (Wildman–Crippen MR) is 125 cm³/mol. The standard InChI is InChI=1S/C23H23ClN4O2S/c1-15(29)27-11-9-26(10-12-27)14-20-22(16-3-6-18(30-2)7-4-16)25-23-28(20)19-8-5-17(24)13-21(19)31-23/h3-8,13H,9-12,14H2,1-2H3. The molecule has 0 bridgehead atoms. The first kappa shape index (κ1) is 20.3. The Labute approximate surface area is 189 Å². The van der Waals surface area contributed by atoms with E-state index in [9.17, 15) is 4.79 Å². The lowest BCUT2D eigenvalue weighted by Crippen LogP contribution is -2.47. The van der Waals surface area contributed by atoms with Crippen LogP contribution in [0.1, 0.15) is 12.6 Å². The Bertz CT molecular complexity index is 1260. The van der Waals surface area contributed by atoms with E-state index in [2.05, 4.69) is 27.5 Å². The van der Waals surface area contributed by atoms with E-state index in [1.807, 2.05) is 29.2 Å². The van der Waals surface area contributed by atoms with Crippen LogP contribution in [0.15, 0.2) is 42.5 Å². The molecule has 2 aromatic heterocycles. The highest BCUT2D eigenvalue weighted by atomic mass is 35.5. The van der Waals surface area contributed by atoms with E-state index in [4.69, 9.17) is 21.3 Å². The molecular formula is C23H23ClN4O2S. The average molecular weight is 455 g/mol. The van der Waals surface area contributed by atoms with Crippen molar-refractivity contribution in [3.8, 4) is 17.0 Å². The Morgan fingerprint density at radius 2 is 1.87 bits per heavy atom. The van der Waals surface area contributed by atoms with Crippen LogP contribution < -0.4 is 4.74 Å². The number of methoxy groups -OCH3 is 1. The number of nitrogens with zero attached hydrogens (tertiary/aromatic N) is 4. The first-order valence-corrected chi connectivity index (χ1v) is 11.4. The Hall–Kier alpha value is -2.61. The van der Waals surface area contributed by atoms with Crippen LogP contribution in [-0.4, -0.2) is 58.4 Å². The molecule has 1 amide bonds. The normalized spacial score (nSPS) is 15.1. The molecule has 1 aliphatic rings. The van der Waals surface area contributed by atoms with Gasteiger partial charge in [0.25, 0.3) is 0 Å². The molecule has 1 saturated heterocycles. The zero-order chi connectivity index (χ0) is 21.5. The third-order valence-corrected chi connectivity index (χ3v) is 7.10. The van der Waals surface area contributed by atoms with Crippen molar-refractivity contribution in [1.29, 1.82) is 0 Å². The number of hydrogen-bond acceptors (Lipinski definition) is 5. The van der Waals surface area contributed by atoms with E-state index in [1.165, 1.54) is 0 Å². The number of piperazine rings is 1. The zero-order valence-electron chi connectivity index (χ0n) is 17.5. The van der Waals surface area contributed by atoms with Crippen LogP contribution in [0.5, 0.6) is 5.75 Å². The number of halogens is 1. The Kier molecular flexibility index (Phi) is 5.33. The summed E-state index contributed by atoms with van der Waals surface area (Å²) in [6.07, 6.45) is 0. The second-order valence-electron chi connectivity index (χ2n) is 7.75. The molecule has 4 aromatic rings. The van der Waals surface area contributed by atoms with Crippen LogP contribution in [0.2, 0.25) is 5.02 Å². The van der Waals surface area contributed by atoms with Gasteiger partial charge in [0.2, 0.25) is 5.91 Å². The van der Waals surface area contributed by atoms with Gasteiger partial charge in [0.05, 0.1) is 28.7 Å². The summed E-state index contributed by atoms with van der Waals surface area (Å²) in [5.41, 5.74) is 4.33. The lowest BCUT2D eigenvalue weighted by molar-refractivity contribution is -0.130. The molecule has 0 radical (unpaired) electrons. The molecule has 1 aliphatic heterocycles. The summed E-state index contributed by atoms with van der Waals surface area (Å²) in [5.74, 6) is 0.970. The average Bonchev–Trinajstić information content (AvgIpc) is 3.30. The number of carbonyl (C=O) groups excluding carboxylic acids is 1. The summed E-state index contributed by atoms with van der Waals surface area (Å²) in [6.45, 7) is 5.62. The summed E-state index contributed by atoms with van der Waals surface area (Å²) in [5, 5.41) is 0.731. The van der Waals surface area contributed by atoms with Crippen molar-refractivity contribution < 1.29 is 9.53 Å². The third kappa shape index (κ3) is 3.78. The number of aromatic nitrogens is 2. The fraction of sp³-hybridized carbons (Fsp3) is 0.304. The van der Waals surface area contributed by atoms with E-state index in [0.717, 1.165) is 75.6 Å². The van der Waals surface area contributed by atoms with Crippen LogP contribution in [0.3, 0.4) is 0 Å². The number of thiazole rings is 1. The molecule has 2 aromatic carbocycles. The number of carbonyl (C=O) groups is 1. The predicted octanol–water partition coefficient (Wildman–Crippen LogP) is 4.54. The van der Waals surface area contributed by atoms with Crippen LogP contribution in [-0.2, 0) is 11.3 Å². The second-order valence-corrected chi connectivity index (χ2v) is 9.20. The summed E-state index contributed by atoms with van der Waals surface area (Å²) in [6, 6.07) is 14.0. The highest BCUT2D eigenvalue weighted by molar-refractivity contribution is 7.23. The molecule has 8 heteroatoms. The van der Waals surface area contributed by atoms with Crippen molar-refractivity contribution in [2.24, 2.45) is 0 Å². The first-order chi connectivity index (χ1) is 15.0. The molecule has 5 rings (SSSR count). The Morgan fingerprint density at radius 1 is 1.13 bits per heavy atom. The van der Waals surface area contributed by atoms with Gasteiger partial charge in [-0.3, -0.25) is 14.1 Å². The van der Waals surface area contributed by atoms with E-state index < -0.39 is 0 Å². The van der Waals surface area contributed by atoms with Crippen molar-refractivity contribution in [2.75, 3.05) is 33.3 Å². The molecule has 0 atom stereocenters. The minimum atomic E-state index is 0.144. The van der Waals surface area contributed by atoms with E-state index in [-0.39, 0.29) is 5.91 Å².